The highest BCUT2D eigenvalue weighted by Crippen LogP contribution is 2.15. The largest absolute Gasteiger partial charge is 0.481 e. The third-order valence-electron chi connectivity index (χ3n) is 6.77. The van der Waals surface area contributed by atoms with Crippen molar-refractivity contribution in [1.29, 1.82) is 0 Å². The molecule has 3 atom stereocenters. The quantitative estimate of drug-likeness (QED) is 0.0785. The summed E-state index contributed by atoms with van der Waals surface area (Å²) < 4.78 is 16.3. The van der Waals surface area contributed by atoms with E-state index >= 15 is 0 Å². The summed E-state index contributed by atoms with van der Waals surface area (Å²) in [6, 6.07) is 4.87. The Balaban J connectivity index is 2.93. The number of nitrogens with one attached hydrogen (secondary N) is 4. The summed E-state index contributed by atoms with van der Waals surface area (Å²) in [6.45, 7) is 15.3. The molecular weight excluding hydrogens is 676 g/mol. The Morgan fingerprint density at radius 3 is 1.65 bits per heavy atom. The van der Waals surface area contributed by atoms with Gasteiger partial charge in [0, 0.05) is 25.8 Å². The van der Waals surface area contributed by atoms with Crippen molar-refractivity contribution < 1.29 is 52.9 Å². The lowest BCUT2D eigenvalue weighted by molar-refractivity contribution is -0.159. The van der Waals surface area contributed by atoms with E-state index in [1.54, 1.807) is 86.6 Å². The highest BCUT2D eigenvalue weighted by Gasteiger charge is 2.31. The van der Waals surface area contributed by atoms with E-state index in [1.165, 1.54) is 0 Å². The zero-order valence-electron chi connectivity index (χ0n) is 32.0. The molecule has 0 heterocycles. The fourth-order valence-corrected chi connectivity index (χ4v) is 4.61. The predicted octanol–water partition coefficient (Wildman–Crippen LogP) is 3.71. The van der Waals surface area contributed by atoms with E-state index < -0.39 is 76.7 Å². The van der Waals surface area contributed by atoms with Gasteiger partial charge >= 0.3 is 29.9 Å². The lowest BCUT2D eigenvalue weighted by Crippen LogP contribution is -2.53. The van der Waals surface area contributed by atoms with Gasteiger partial charge in [-0.1, -0.05) is 30.3 Å². The number of amides is 4. The minimum absolute atomic E-state index is 0.112. The summed E-state index contributed by atoms with van der Waals surface area (Å²) >= 11 is 0. The van der Waals surface area contributed by atoms with Gasteiger partial charge in [-0.25, -0.2) is 14.4 Å². The minimum atomic E-state index is -1.23. The molecule has 0 fully saturated rings. The Morgan fingerprint density at radius 1 is 0.635 bits per heavy atom. The molecule has 292 valence electrons. The normalized spacial score (nSPS) is 13.4. The van der Waals surface area contributed by atoms with Crippen LogP contribution in [0.2, 0.25) is 0 Å². The number of carbonyl (C=O) groups is 7. The summed E-state index contributed by atoms with van der Waals surface area (Å²) in [5, 5.41) is 19.4. The van der Waals surface area contributed by atoms with E-state index in [0.717, 1.165) is 5.56 Å². The van der Waals surface area contributed by atoms with Gasteiger partial charge in [0.05, 0.1) is 6.42 Å². The third-order valence-corrected chi connectivity index (χ3v) is 6.77. The Kier molecular flexibility index (Phi) is 18.3. The fraction of sp³-hybridized carbons (Fsp3) is 0.649. The van der Waals surface area contributed by atoms with Crippen LogP contribution in [0.1, 0.15) is 113 Å². The van der Waals surface area contributed by atoms with Gasteiger partial charge in [0.15, 0.2) is 0 Å². The van der Waals surface area contributed by atoms with Crippen LogP contribution in [-0.2, 0) is 49.4 Å². The smallest absolute Gasteiger partial charge is 0.329 e. The standard InChI is InChI=1S/C37H58N4O11/c1-35(2,3)50-30(45)21-18-26(33(48)52-37(7,8)9)41-34(49)40-25(32(47)51-36(4,5)6)17-13-14-22-38-31(46)27(23-24-15-11-10-12-16-24)39-28(42)19-20-29(43)44/h10-12,15-16,25-27H,13-14,17-23H2,1-9H3,(H,38,46)(H,39,42)(H,43,44)(H2,40,41,49)/t25-,26-,27+/m0/s1. The number of carbonyl (C=O) groups excluding carboxylic acids is 6. The number of carboxylic acid groups (broad SMARTS) is 1. The highest BCUT2D eigenvalue weighted by atomic mass is 16.6. The van der Waals surface area contributed by atoms with Gasteiger partial charge in [-0.15, -0.1) is 0 Å². The maximum Gasteiger partial charge on any atom is 0.329 e. The SMILES string of the molecule is CC(C)(C)OC(=O)CC[C@H](NC(=O)N[C@@H](CCCCNC(=O)[C@@H](Cc1ccccc1)NC(=O)CCC(=O)O)C(=O)OC(C)(C)C)C(=O)OC(C)(C)C. The van der Waals surface area contributed by atoms with Crippen molar-refractivity contribution in [3.8, 4) is 0 Å². The lowest BCUT2D eigenvalue weighted by atomic mass is 10.0. The Hall–Kier alpha value is -4.69. The summed E-state index contributed by atoms with van der Waals surface area (Å²) in [5.41, 5.74) is -1.68. The molecule has 0 saturated carbocycles. The zero-order valence-corrected chi connectivity index (χ0v) is 32.0. The fourth-order valence-electron chi connectivity index (χ4n) is 4.61. The highest BCUT2D eigenvalue weighted by molar-refractivity contribution is 5.89. The number of ether oxygens (including phenoxy) is 3. The molecule has 52 heavy (non-hydrogen) atoms. The summed E-state index contributed by atoms with van der Waals surface area (Å²) in [7, 11) is 0. The van der Waals surface area contributed by atoms with Crippen LogP contribution >= 0.6 is 0 Å². The molecule has 0 aliphatic heterocycles. The molecule has 0 unspecified atom stereocenters. The van der Waals surface area contributed by atoms with E-state index in [-0.39, 0.29) is 45.1 Å². The first kappa shape index (κ1) is 45.3. The van der Waals surface area contributed by atoms with Gasteiger partial charge in [0.2, 0.25) is 11.8 Å². The van der Waals surface area contributed by atoms with Crippen LogP contribution in [0.15, 0.2) is 30.3 Å². The molecule has 0 saturated heterocycles. The van der Waals surface area contributed by atoms with E-state index in [0.29, 0.717) is 12.8 Å². The second kappa shape index (κ2) is 21.0. The number of hydrogen-bond acceptors (Lipinski definition) is 10. The van der Waals surface area contributed by atoms with Crippen LogP contribution in [-0.4, -0.2) is 88.3 Å². The molecule has 0 spiro atoms. The van der Waals surface area contributed by atoms with Crippen LogP contribution in [0.4, 0.5) is 4.79 Å². The second-order valence-electron chi connectivity index (χ2n) is 15.4. The number of benzene rings is 1. The number of esters is 3. The zero-order chi connectivity index (χ0) is 39.7. The van der Waals surface area contributed by atoms with Gasteiger partial charge in [0.25, 0.3) is 0 Å². The van der Waals surface area contributed by atoms with Crippen molar-refractivity contribution in [2.24, 2.45) is 0 Å². The monoisotopic (exact) mass is 734 g/mol. The van der Waals surface area contributed by atoms with Crippen LogP contribution in [0.5, 0.6) is 0 Å². The average Bonchev–Trinajstić information content (AvgIpc) is 2.98. The summed E-state index contributed by atoms with van der Waals surface area (Å²) in [5.74, 6) is -4.19. The number of aliphatic carboxylic acids is 1. The molecule has 0 radical (unpaired) electrons. The van der Waals surface area contributed by atoms with Gasteiger partial charge < -0.3 is 40.6 Å². The number of hydrogen-bond donors (Lipinski definition) is 5. The molecule has 1 rings (SSSR count). The Labute approximate surface area is 306 Å². The lowest BCUT2D eigenvalue weighted by Gasteiger charge is -2.27. The molecule has 15 heteroatoms. The molecule has 1 aromatic carbocycles. The van der Waals surface area contributed by atoms with Crippen molar-refractivity contribution in [1.82, 2.24) is 21.3 Å². The maximum absolute atomic E-state index is 13.2. The molecule has 0 bridgehead atoms. The van der Waals surface area contributed by atoms with Crippen LogP contribution in [0.25, 0.3) is 0 Å². The first-order valence-electron chi connectivity index (χ1n) is 17.5. The summed E-state index contributed by atoms with van der Waals surface area (Å²) in [6.07, 6.45) is 0.107. The number of unbranched alkanes of at least 4 members (excludes halogenated alkanes) is 1. The van der Waals surface area contributed by atoms with Gasteiger partial charge in [-0.05, 0) is 93.6 Å². The van der Waals surface area contributed by atoms with Crippen LogP contribution < -0.4 is 21.3 Å². The molecule has 0 aromatic heterocycles. The van der Waals surface area contributed by atoms with Crippen LogP contribution in [0, 0.1) is 0 Å². The maximum atomic E-state index is 13.2. The average molecular weight is 735 g/mol. The molecule has 4 amide bonds. The Morgan fingerprint density at radius 2 is 1.15 bits per heavy atom. The number of rotatable bonds is 19. The summed E-state index contributed by atoms with van der Waals surface area (Å²) in [4.78, 5) is 88.0. The van der Waals surface area contributed by atoms with Crippen molar-refractivity contribution in [2.45, 2.75) is 149 Å². The Bertz CT molecular complexity index is 1360. The minimum Gasteiger partial charge on any atom is -0.481 e. The molecule has 0 aliphatic carbocycles. The molecule has 0 aliphatic rings. The molecule has 1 aromatic rings. The molecular formula is C37H58N4O11. The van der Waals surface area contributed by atoms with E-state index in [1.807, 2.05) is 6.07 Å². The first-order valence-corrected chi connectivity index (χ1v) is 17.5. The van der Waals surface area contributed by atoms with E-state index in [9.17, 15) is 33.6 Å². The molecule has 15 nitrogen and oxygen atoms in total. The van der Waals surface area contributed by atoms with Crippen molar-refractivity contribution in [3.05, 3.63) is 35.9 Å². The first-order chi connectivity index (χ1) is 23.9. The predicted molar refractivity (Wildman–Crippen MR) is 192 cm³/mol. The second-order valence-corrected chi connectivity index (χ2v) is 15.4. The van der Waals surface area contributed by atoms with Gasteiger partial charge in [-0.2, -0.15) is 0 Å². The van der Waals surface area contributed by atoms with Gasteiger partial charge in [0.1, 0.15) is 34.9 Å². The van der Waals surface area contributed by atoms with Crippen molar-refractivity contribution >= 4 is 41.7 Å². The van der Waals surface area contributed by atoms with Gasteiger partial charge in [-0.3, -0.25) is 19.2 Å². The van der Waals surface area contributed by atoms with E-state index in [4.69, 9.17) is 19.3 Å². The van der Waals surface area contributed by atoms with Crippen LogP contribution in [0.3, 0.4) is 0 Å². The molecule has 5 N–H and O–H groups in total. The number of carboxylic acids is 1. The van der Waals surface area contributed by atoms with E-state index in [2.05, 4.69) is 21.3 Å². The van der Waals surface area contributed by atoms with Crippen molar-refractivity contribution in [2.75, 3.05) is 6.54 Å². The van der Waals surface area contributed by atoms with Crippen molar-refractivity contribution in [3.63, 3.8) is 0 Å². The topological polar surface area (TPSA) is 216 Å². The number of urea groups is 1. The third kappa shape index (κ3) is 21.5.